The van der Waals surface area contributed by atoms with Crippen LogP contribution in [0.2, 0.25) is 0 Å². The molecule has 2 aliphatic carbocycles. The standard InChI is InChI=1S/C16H16O7/c1-16(22)4-6-10(8(18)5-16)15(21)11-7(17)3-9(23-2)14(20)12(11)13(6)19/h3,8,17-18,20,22H,4-5H2,1-2H3. The molecule has 0 aromatic heterocycles. The maximum absolute atomic E-state index is 12.7. The molecule has 2 unspecified atom stereocenters. The summed E-state index contributed by atoms with van der Waals surface area (Å²) in [5, 5.41) is 40.5. The van der Waals surface area contributed by atoms with Gasteiger partial charge < -0.3 is 25.2 Å². The van der Waals surface area contributed by atoms with E-state index in [9.17, 15) is 30.0 Å². The minimum absolute atomic E-state index is 0.0470. The number of phenols is 2. The van der Waals surface area contributed by atoms with Gasteiger partial charge in [0.2, 0.25) is 0 Å². The lowest BCUT2D eigenvalue weighted by molar-refractivity contribution is 0.00373. The molecule has 122 valence electrons. The quantitative estimate of drug-likeness (QED) is 0.561. The third kappa shape index (κ3) is 2.12. The van der Waals surface area contributed by atoms with Crippen LogP contribution in [0.4, 0.5) is 0 Å². The van der Waals surface area contributed by atoms with Crippen LogP contribution in [0, 0.1) is 0 Å². The maximum atomic E-state index is 12.7. The van der Waals surface area contributed by atoms with Gasteiger partial charge in [-0.3, -0.25) is 9.59 Å². The smallest absolute Gasteiger partial charge is 0.196 e. The number of fused-ring (bicyclic) bond motifs is 1. The van der Waals surface area contributed by atoms with Crippen molar-refractivity contribution in [1.82, 2.24) is 0 Å². The largest absolute Gasteiger partial charge is 0.507 e. The highest BCUT2D eigenvalue weighted by atomic mass is 16.5. The molecule has 23 heavy (non-hydrogen) atoms. The van der Waals surface area contributed by atoms with E-state index in [1.54, 1.807) is 0 Å². The van der Waals surface area contributed by atoms with E-state index in [4.69, 9.17) is 4.74 Å². The minimum Gasteiger partial charge on any atom is -0.507 e. The number of aliphatic hydroxyl groups is 2. The van der Waals surface area contributed by atoms with Crippen molar-refractivity contribution in [1.29, 1.82) is 0 Å². The molecule has 7 nitrogen and oxygen atoms in total. The topological polar surface area (TPSA) is 124 Å². The number of aliphatic hydroxyl groups excluding tert-OH is 1. The Morgan fingerprint density at radius 3 is 2.48 bits per heavy atom. The van der Waals surface area contributed by atoms with Crippen LogP contribution in [-0.2, 0) is 0 Å². The fourth-order valence-electron chi connectivity index (χ4n) is 3.29. The number of aromatic hydroxyl groups is 2. The summed E-state index contributed by atoms with van der Waals surface area (Å²) < 4.78 is 4.89. The molecule has 7 heteroatoms. The lowest BCUT2D eigenvalue weighted by atomic mass is 9.71. The van der Waals surface area contributed by atoms with E-state index in [1.165, 1.54) is 14.0 Å². The molecule has 0 saturated carbocycles. The average molecular weight is 320 g/mol. The number of methoxy groups -OCH3 is 1. The highest BCUT2D eigenvalue weighted by molar-refractivity contribution is 6.29. The number of Topliss-reactive ketones (excluding diaryl/α,β-unsaturated/α-hetero) is 2. The molecule has 0 fully saturated rings. The van der Waals surface area contributed by atoms with Crippen LogP contribution in [-0.4, -0.2) is 50.8 Å². The first-order valence-corrected chi connectivity index (χ1v) is 7.03. The molecule has 0 aliphatic heterocycles. The third-order valence-corrected chi connectivity index (χ3v) is 4.29. The number of phenolic OH excluding ortho intramolecular Hbond substituents is 2. The van der Waals surface area contributed by atoms with E-state index in [0.717, 1.165) is 6.07 Å². The van der Waals surface area contributed by atoms with Crippen molar-refractivity contribution in [2.24, 2.45) is 0 Å². The highest BCUT2D eigenvalue weighted by Crippen LogP contribution is 2.47. The summed E-state index contributed by atoms with van der Waals surface area (Å²) >= 11 is 0. The van der Waals surface area contributed by atoms with E-state index in [0.29, 0.717) is 0 Å². The number of rotatable bonds is 1. The van der Waals surface area contributed by atoms with Gasteiger partial charge in [-0.25, -0.2) is 0 Å². The second-order valence-electron chi connectivity index (χ2n) is 6.14. The van der Waals surface area contributed by atoms with Crippen LogP contribution in [0.5, 0.6) is 17.2 Å². The molecule has 0 radical (unpaired) electrons. The summed E-state index contributed by atoms with van der Waals surface area (Å²) in [5.74, 6) is -2.64. The fourth-order valence-corrected chi connectivity index (χ4v) is 3.29. The van der Waals surface area contributed by atoms with Gasteiger partial charge in [0.05, 0.1) is 29.9 Å². The molecule has 0 amide bonds. The van der Waals surface area contributed by atoms with Crippen LogP contribution in [0.3, 0.4) is 0 Å². The zero-order valence-corrected chi connectivity index (χ0v) is 12.6. The lowest BCUT2D eigenvalue weighted by Crippen LogP contribution is -2.42. The molecular formula is C16H16O7. The Bertz CT molecular complexity index is 773. The lowest BCUT2D eigenvalue weighted by Gasteiger charge is -2.36. The van der Waals surface area contributed by atoms with Gasteiger partial charge in [0.1, 0.15) is 5.75 Å². The van der Waals surface area contributed by atoms with E-state index >= 15 is 0 Å². The molecule has 2 atom stereocenters. The maximum Gasteiger partial charge on any atom is 0.196 e. The predicted octanol–water partition coefficient (Wildman–Crippen LogP) is 0.688. The van der Waals surface area contributed by atoms with Crippen LogP contribution in [0.15, 0.2) is 17.2 Å². The van der Waals surface area contributed by atoms with Crippen molar-refractivity contribution in [3.8, 4) is 17.2 Å². The Balaban J connectivity index is 2.29. The molecular weight excluding hydrogens is 304 g/mol. The molecule has 0 saturated heterocycles. The third-order valence-electron chi connectivity index (χ3n) is 4.29. The normalized spacial score (nSPS) is 26.9. The van der Waals surface area contributed by atoms with E-state index in [-0.39, 0.29) is 40.9 Å². The van der Waals surface area contributed by atoms with E-state index < -0.39 is 34.8 Å². The first-order chi connectivity index (χ1) is 10.7. The van der Waals surface area contributed by atoms with Gasteiger partial charge in [0.15, 0.2) is 23.1 Å². The number of hydrogen-bond donors (Lipinski definition) is 4. The minimum atomic E-state index is -1.35. The van der Waals surface area contributed by atoms with Crippen molar-refractivity contribution in [2.45, 2.75) is 31.5 Å². The monoisotopic (exact) mass is 320 g/mol. The van der Waals surface area contributed by atoms with Gasteiger partial charge in [0.25, 0.3) is 0 Å². The van der Waals surface area contributed by atoms with Gasteiger partial charge in [-0.05, 0) is 6.92 Å². The van der Waals surface area contributed by atoms with Crippen molar-refractivity contribution in [3.05, 3.63) is 28.3 Å². The molecule has 0 spiro atoms. The molecule has 1 aromatic rings. The molecule has 0 bridgehead atoms. The van der Waals surface area contributed by atoms with E-state index in [1.807, 2.05) is 0 Å². The summed E-state index contributed by atoms with van der Waals surface area (Å²) in [6, 6.07) is 1.04. The van der Waals surface area contributed by atoms with Crippen LogP contribution in [0.1, 0.15) is 40.5 Å². The highest BCUT2D eigenvalue weighted by Gasteiger charge is 2.46. The van der Waals surface area contributed by atoms with E-state index in [2.05, 4.69) is 0 Å². The number of carbonyl (C=O) groups excluding carboxylic acids is 2. The van der Waals surface area contributed by atoms with Crippen molar-refractivity contribution < 1.29 is 34.8 Å². The number of carbonyl (C=O) groups is 2. The van der Waals surface area contributed by atoms with Gasteiger partial charge in [-0.2, -0.15) is 0 Å². The van der Waals surface area contributed by atoms with Crippen molar-refractivity contribution in [3.63, 3.8) is 0 Å². The summed E-state index contributed by atoms with van der Waals surface area (Å²) in [6.45, 7) is 1.45. The number of benzene rings is 1. The van der Waals surface area contributed by atoms with Crippen LogP contribution >= 0.6 is 0 Å². The molecule has 2 aliphatic rings. The van der Waals surface area contributed by atoms with Gasteiger partial charge in [-0.15, -0.1) is 0 Å². The first-order valence-electron chi connectivity index (χ1n) is 7.03. The van der Waals surface area contributed by atoms with Gasteiger partial charge >= 0.3 is 0 Å². The number of ether oxygens (including phenoxy) is 1. The Kier molecular flexibility index (Phi) is 3.24. The molecule has 3 rings (SSSR count). The Hall–Kier alpha value is -2.38. The Labute approximate surface area is 131 Å². The van der Waals surface area contributed by atoms with Crippen molar-refractivity contribution >= 4 is 11.6 Å². The first kappa shape index (κ1) is 15.5. The zero-order valence-electron chi connectivity index (χ0n) is 12.6. The van der Waals surface area contributed by atoms with Crippen molar-refractivity contribution in [2.75, 3.05) is 7.11 Å². The Morgan fingerprint density at radius 2 is 1.87 bits per heavy atom. The second-order valence-corrected chi connectivity index (χ2v) is 6.14. The van der Waals surface area contributed by atoms with Crippen LogP contribution < -0.4 is 4.74 Å². The summed E-state index contributed by atoms with van der Waals surface area (Å²) in [7, 11) is 1.25. The second kappa shape index (κ2) is 4.81. The summed E-state index contributed by atoms with van der Waals surface area (Å²) in [4.78, 5) is 25.3. The summed E-state index contributed by atoms with van der Waals surface area (Å²) in [6.07, 6.45) is -1.54. The zero-order chi connectivity index (χ0) is 17.1. The SMILES string of the molecule is COc1cc(O)c2c(c1O)C(=O)C1=C(C2=O)C(O)CC(C)(O)C1. The van der Waals surface area contributed by atoms with Crippen LogP contribution in [0.25, 0.3) is 0 Å². The average Bonchev–Trinajstić information content (AvgIpc) is 2.44. The predicted molar refractivity (Wildman–Crippen MR) is 77.9 cm³/mol. The fraction of sp³-hybridized carbons (Fsp3) is 0.375. The molecule has 1 aromatic carbocycles. The molecule has 0 heterocycles. The summed E-state index contributed by atoms with van der Waals surface area (Å²) in [5.41, 5.74) is -2.24. The van der Waals surface area contributed by atoms with Gasteiger partial charge in [-0.1, -0.05) is 0 Å². The van der Waals surface area contributed by atoms with Gasteiger partial charge in [0, 0.05) is 30.1 Å². The number of ketones is 2. The molecule has 4 N–H and O–H groups in total. The number of hydrogen-bond acceptors (Lipinski definition) is 7. The Morgan fingerprint density at radius 1 is 1.22 bits per heavy atom.